The molecule has 0 bridgehead atoms. The van der Waals surface area contributed by atoms with Gasteiger partial charge in [-0.2, -0.15) is 0 Å². The second kappa shape index (κ2) is 4.63. The van der Waals surface area contributed by atoms with Crippen molar-refractivity contribution in [1.29, 1.82) is 0 Å². The van der Waals surface area contributed by atoms with Crippen LogP contribution in [0.4, 0.5) is 0 Å². The number of fused-ring (bicyclic) bond motifs is 1. The first-order chi connectivity index (χ1) is 8.32. The van der Waals surface area contributed by atoms with Gasteiger partial charge < -0.3 is 15.2 Å². The molecule has 0 amide bonds. The van der Waals surface area contributed by atoms with Crippen molar-refractivity contribution in [3.05, 3.63) is 22.2 Å². The third kappa shape index (κ3) is 2.29. The molecule has 3 nitrogen and oxygen atoms in total. The Bertz CT molecular complexity index is 464. The van der Waals surface area contributed by atoms with E-state index in [-0.39, 0.29) is 5.92 Å². The Morgan fingerprint density at radius 2 is 1.89 bits per heavy atom. The fourth-order valence-corrected chi connectivity index (χ4v) is 2.73. The smallest absolute Gasteiger partial charge is 0.180 e. The van der Waals surface area contributed by atoms with E-state index in [1.807, 2.05) is 19.9 Å². The highest BCUT2D eigenvalue weighted by Crippen LogP contribution is 2.46. The second-order valence-corrected chi connectivity index (χ2v) is 5.93. The fraction of sp³-hybridized carbons (Fsp3) is 0.571. The van der Waals surface area contributed by atoms with Gasteiger partial charge in [0, 0.05) is 5.54 Å². The van der Waals surface area contributed by atoms with Crippen LogP contribution < -0.4 is 15.2 Å². The summed E-state index contributed by atoms with van der Waals surface area (Å²) in [7, 11) is 0. The van der Waals surface area contributed by atoms with Gasteiger partial charge in [0.25, 0.3) is 0 Å². The summed E-state index contributed by atoms with van der Waals surface area (Å²) in [6, 6.07) is 1.97. The van der Waals surface area contributed by atoms with Crippen molar-refractivity contribution >= 4 is 11.6 Å². The normalized spacial score (nSPS) is 15.1. The van der Waals surface area contributed by atoms with E-state index < -0.39 is 5.54 Å². The largest absolute Gasteiger partial charge is 0.486 e. The lowest BCUT2D eigenvalue weighted by Crippen LogP contribution is -2.31. The number of ether oxygens (including phenoxy) is 2. The quantitative estimate of drug-likeness (QED) is 0.895. The maximum absolute atomic E-state index is 6.47. The summed E-state index contributed by atoms with van der Waals surface area (Å²) in [4.78, 5) is 0. The molecule has 0 atom stereocenters. The zero-order chi connectivity index (χ0) is 13.5. The standard InChI is InChI=1S/C14H20ClNO2/c1-8(2)11-9(14(3,4)16)7-10-13(12(11)15)18-6-5-17-10/h7-8H,5-6,16H2,1-4H3. The molecule has 1 aliphatic rings. The molecule has 0 aliphatic carbocycles. The van der Waals surface area contributed by atoms with Crippen molar-refractivity contribution in [1.82, 2.24) is 0 Å². The molecule has 0 saturated carbocycles. The van der Waals surface area contributed by atoms with Crippen LogP contribution in [0.2, 0.25) is 5.02 Å². The minimum atomic E-state index is -0.459. The lowest BCUT2D eigenvalue weighted by Gasteiger charge is -2.29. The van der Waals surface area contributed by atoms with Gasteiger partial charge in [0.1, 0.15) is 13.2 Å². The first-order valence-corrected chi connectivity index (χ1v) is 6.61. The molecule has 2 N–H and O–H groups in total. The number of halogens is 1. The number of hydrogen-bond acceptors (Lipinski definition) is 3. The summed E-state index contributed by atoms with van der Waals surface area (Å²) >= 11 is 6.47. The van der Waals surface area contributed by atoms with Crippen molar-refractivity contribution in [2.24, 2.45) is 5.73 Å². The molecular formula is C14H20ClNO2. The van der Waals surface area contributed by atoms with Gasteiger partial charge in [0.05, 0.1) is 5.02 Å². The minimum absolute atomic E-state index is 0.283. The van der Waals surface area contributed by atoms with Crippen molar-refractivity contribution in [2.75, 3.05) is 13.2 Å². The van der Waals surface area contributed by atoms with Crippen LogP contribution in [-0.2, 0) is 5.54 Å². The summed E-state index contributed by atoms with van der Waals surface area (Å²) in [5.41, 5.74) is 7.85. The molecule has 1 aromatic carbocycles. The third-order valence-corrected chi connectivity index (χ3v) is 3.46. The van der Waals surface area contributed by atoms with Crippen molar-refractivity contribution < 1.29 is 9.47 Å². The van der Waals surface area contributed by atoms with E-state index in [4.69, 9.17) is 26.8 Å². The van der Waals surface area contributed by atoms with Gasteiger partial charge in [-0.25, -0.2) is 0 Å². The average molecular weight is 270 g/mol. The van der Waals surface area contributed by atoms with Gasteiger partial charge in [0.2, 0.25) is 0 Å². The van der Waals surface area contributed by atoms with E-state index in [2.05, 4.69) is 13.8 Å². The highest BCUT2D eigenvalue weighted by molar-refractivity contribution is 6.33. The van der Waals surface area contributed by atoms with Crippen LogP contribution in [0.15, 0.2) is 6.07 Å². The lowest BCUT2D eigenvalue weighted by molar-refractivity contribution is 0.171. The number of rotatable bonds is 2. The molecule has 0 radical (unpaired) electrons. The monoisotopic (exact) mass is 269 g/mol. The van der Waals surface area contributed by atoms with Crippen molar-refractivity contribution in [2.45, 2.75) is 39.2 Å². The third-order valence-electron chi connectivity index (χ3n) is 3.08. The zero-order valence-corrected chi connectivity index (χ0v) is 12.1. The minimum Gasteiger partial charge on any atom is -0.486 e. The molecule has 0 saturated heterocycles. The molecule has 0 fully saturated rings. The van der Waals surface area contributed by atoms with Crippen molar-refractivity contribution in [3.63, 3.8) is 0 Å². The Kier molecular flexibility index (Phi) is 3.47. The van der Waals surface area contributed by atoms with Gasteiger partial charge >= 0.3 is 0 Å². The van der Waals surface area contributed by atoms with Gasteiger partial charge in [-0.05, 0) is 37.0 Å². The SMILES string of the molecule is CC(C)c1c(C(C)(C)N)cc2c(c1Cl)OCCO2. The van der Waals surface area contributed by atoms with Gasteiger partial charge in [0.15, 0.2) is 11.5 Å². The second-order valence-electron chi connectivity index (χ2n) is 5.55. The number of benzene rings is 1. The zero-order valence-electron chi connectivity index (χ0n) is 11.3. The summed E-state index contributed by atoms with van der Waals surface area (Å²) in [5, 5.41) is 0.635. The molecule has 100 valence electrons. The Morgan fingerprint density at radius 1 is 1.28 bits per heavy atom. The highest BCUT2D eigenvalue weighted by Gasteiger charge is 2.28. The molecule has 1 aromatic rings. The molecule has 4 heteroatoms. The summed E-state index contributed by atoms with van der Waals surface area (Å²) in [6.45, 7) is 9.24. The van der Waals surface area contributed by atoms with Crippen LogP contribution in [0.3, 0.4) is 0 Å². The Hall–Kier alpha value is -0.930. The van der Waals surface area contributed by atoms with Crippen LogP contribution in [0, 0.1) is 0 Å². The number of hydrogen-bond donors (Lipinski definition) is 1. The number of nitrogens with two attached hydrogens (primary N) is 1. The fourth-order valence-electron chi connectivity index (χ4n) is 2.26. The summed E-state index contributed by atoms with van der Waals surface area (Å²) in [5.74, 6) is 1.63. The Labute approximate surface area is 113 Å². The van der Waals surface area contributed by atoms with E-state index in [0.29, 0.717) is 29.7 Å². The van der Waals surface area contributed by atoms with Crippen LogP contribution >= 0.6 is 11.6 Å². The highest BCUT2D eigenvalue weighted by atomic mass is 35.5. The van der Waals surface area contributed by atoms with Crippen LogP contribution in [0.25, 0.3) is 0 Å². The summed E-state index contributed by atoms with van der Waals surface area (Å²) in [6.07, 6.45) is 0. The van der Waals surface area contributed by atoms with E-state index in [1.165, 1.54) is 0 Å². The first kappa shape index (κ1) is 13.5. The van der Waals surface area contributed by atoms with E-state index >= 15 is 0 Å². The van der Waals surface area contributed by atoms with Gasteiger partial charge in [-0.1, -0.05) is 25.4 Å². The van der Waals surface area contributed by atoms with E-state index in [9.17, 15) is 0 Å². The molecular weight excluding hydrogens is 250 g/mol. The first-order valence-electron chi connectivity index (χ1n) is 6.23. The maximum Gasteiger partial charge on any atom is 0.180 e. The molecule has 1 aliphatic heterocycles. The van der Waals surface area contributed by atoms with E-state index in [0.717, 1.165) is 11.1 Å². The molecule has 2 rings (SSSR count). The van der Waals surface area contributed by atoms with Crippen molar-refractivity contribution in [3.8, 4) is 11.5 Å². The molecule has 1 heterocycles. The topological polar surface area (TPSA) is 44.5 Å². The van der Waals surface area contributed by atoms with Crippen LogP contribution in [0.5, 0.6) is 11.5 Å². The van der Waals surface area contributed by atoms with Crippen LogP contribution in [0.1, 0.15) is 44.7 Å². The van der Waals surface area contributed by atoms with Gasteiger partial charge in [-0.3, -0.25) is 0 Å². The predicted octanol–water partition coefficient (Wildman–Crippen LogP) is 3.43. The average Bonchev–Trinajstić information content (AvgIpc) is 2.27. The van der Waals surface area contributed by atoms with E-state index in [1.54, 1.807) is 0 Å². The Balaban J connectivity index is 2.69. The summed E-state index contributed by atoms with van der Waals surface area (Å²) < 4.78 is 11.2. The lowest BCUT2D eigenvalue weighted by atomic mass is 9.85. The molecule has 0 aromatic heterocycles. The maximum atomic E-state index is 6.47. The molecule has 0 unspecified atom stereocenters. The predicted molar refractivity (Wildman–Crippen MR) is 73.7 cm³/mol. The van der Waals surface area contributed by atoms with Gasteiger partial charge in [-0.15, -0.1) is 0 Å². The molecule has 18 heavy (non-hydrogen) atoms. The Morgan fingerprint density at radius 3 is 2.44 bits per heavy atom. The van der Waals surface area contributed by atoms with Crippen LogP contribution in [-0.4, -0.2) is 13.2 Å². The molecule has 0 spiro atoms.